The summed E-state index contributed by atoms with van der Waals surface area (Å²) in [5.41, 5.74) is 1.85. The van der Waals surface area contributed by atoms with Gasteiger partial charge in [0.1, 0.15) is 23.3 Å². The molecule has 2 heterocycles. The normalized spacial score (nSPS) is 15.8. The van der Waals surface area contributed by atoms with Crippen molar-refractivity contribution in [1.29, 1.82) is 0 Å². The van der Waals surface area contributed by atoms with Crippen LogP contribution in [0.4, 0.5) is 5.69 Å². The summed E-state index contributed by atoms with van der Waals surface area (Å²) in [7, 11) is 5.05. The number of hydrogen-bond acceptors (Lipinski definition) is 8. The third-order valence-electron chi connectivity index (χ3n) is 6.21. The Morgan fingerprint density at radius 2 is 1.56 bits per heavy atom. The summed E-state index contributed by atoms with van der Waals surface area (Å²) in [6, 6.07) is 13.9. The Labute approximate surface area is 201 Å². The van der Waals surface area contributed by atoms with Gasteiger partial charge in [0.2, 0.25) is 0 Å². The largest absolute Gasteiger partial charge is 0.497 e. The van der Waals surface area contributed by atoms with E-state index in [-0.39, 0.29) is 11.6 Å². The lowest BCUT2D eigenvalue weighted by molar-refractivity contribution is 0.188. The summed E-state index contributed by atoms with van der Waals surface area (Å²) in [6.07, 6.45) is 0. The van der Waals surface area contributed by atoms with Crippen LogP contribution in [-0.4, -0.2) is 72.6 Å². The van der Waals surface area contributed by atoms with E-state index in [9.17, 15) is 0 Å². The minimum Gasteiger partial charge on any atom is -0.497 e. The average Bonchev–Trinajstić information content (AvgIpc) is 3.35. The highest BCUT2D eigenvalue weighted by molar-refractivity contribution is 5.58. The molecular weight excluding hydrogens is 432 g/mol. The van der Waals surface area contributed by atoms with Crippen LogP contribution in [0, 0.1) is 0 Å². The Kier molecular flexibility index (Phi) is 6.92. The molecule has 0 bridgehead atoms. The van der Waals surface area contributed by atoms with Crippen LogP contribution in [0.25, 0.3) is 0 Å². The van der Waals surface area contributed by atoms with Gasteiger partial charge in [-0.25, -0.2) is 4.68 Å². The number of ether oxygens (including phenoxy) is 3. The van der Waals surface area contributed by atoms with Crippen molar-refractivity contribution in [2.24, 2.45) is 0 Å². The highest BCUT2D eigenvalue weighted by atomic mass is 16.5. The van der Waals surface area contributed by atoms with Crippen molar-refractivity contribution in [3.8, 4) is 17.2 Å². The number of rotatable bonds is 7. The fourth-order valence-corrected chi connectivity index (χ4v) is 4.50. The van der Waals surface area contributed by atoms with Gasteiger partial charge in [0.15, 0.2) is 5.82 Å². The highest BCUT2D eigenvalue weighted by Gasteiger charge is 2.35. The monoisotopic (exact) mass is 466 g/mol. The number of aromatic nitrogens is 4. The predicted octanol–water partition coefficient (Wildman–Crippen LogP) is 3.37. The van der Waals surface area contributed by atoms with Gasteiger partial charge in [0.25, 0.3) is 0 Å². The van der Waals surface area contributed by atoms with Crippen LogP contribution in [0.1, 0.15) is 38.2 Å². The molecule has 1 fully saturated rings. The molecule has 182 valence electrons. The fourth-order valence-electron chi connectivity index (χ4n) is 4.50. The number of hydrogen-bond donors (Lipinski definition) is 0. The molecular formula is C25H34N6O3. The number of methoxy groups -OCH3 is 3. The van der Waals surface area contributed by atoms with Crippen LogP contribution >= 0.6 is 0 Å². The molecule has 0 amide bonds. The van der Waals surface area contributed by atoms with Gasteiger partial charge in [-0.1, -0.05) is 12.1 Å². The smallest absolute Gasteiger partial charge is 0.173 e. The Morgan fingerprint density at radius 3 is 2.21 bits per heavy atom. The molecule has 0 unspecified atom stereocenters. The molecule has 0 saturated carbocycles. The van der Waals surface area contributed by atoms with Crippen LogP contribution in [-0.2, 0) is 5.54 Å². The molecule has 1 atom stereocenters. The van der Waals surface area contributed by atoms with E-state index in [2.05, 4.69) is 58.2 Å². The first-order valence-electron chi connectivity index (χ1n) is 11.5. The number of tetrazole rings is 1. The molecule has 34 heavy (non-hydrogen) atoms. The second kappa shape index (κ2) is 9.89. The lowest BCUT2D eigenvalue weighted by Gasteiger charge is -2.41. The van der Waals surface area contributed by atoms with Crippen molar-refractivity contribution in [1.82, 2.24) is 25.1 Å². The number of anilines is 1. The van der Waals surface area contributed by atoms with E-state index in [1.165, 1.54) is 0 Å². The summed E-state index contributed by atoms with van der Waals surface area (Å²) >= 11 is 0. The van der Waals surface area contributed by atoms with E-state index in [0.29, 0.717) is 0 Å². The van der Waals surface area contributed by atoms with Crippen LogP contribution in [0.15, 0.2) is 42.5 Å². The first-order valence-corrected chi connectivity index (χ1v) is 11.5. The van der Waals surface area contributed by atoms with E-state index in [0.717, 1.165) is 60.5 Å². The van der Waals surface area contributed by atoms with E-state index in [1.54, 1.807) is 21.3 Å². The molecule has 3 aromatic rings. The summed E-state index contributed by atoms with van der Waals surface area (Å²) < 4.78 is 18.7. The SMILES string of the molecule is COc1ccc([C@@H](c2nnnn2C(C)(C)C)N2CCN(c3ccccc3OC)CC2)c(OC)c1. The number of benzene rings is 2. The van der Waals surface area contributed by atoms with Gasteiger partial charge in [0.05, 0.1) is 32.6 Å². The van der Waals surface area contributed by atoms with E-state index < -0.39 is 0 Å². The Balaban J connectivity index is 1.70. The van der Waals surface area contributed by atoms with E-state index in [1.807, 2.05) is 35.0 Å². The first-order chi connectivity index (χ1) is 16.4. The number of para-hydroxylation sites is 2. The van der Waals surface area contributed by atoms with Crippen molar-refractivity contribution in [2.45, 2.75) is 32.4 Å². The second-order valence-corrected chi connectivity index (χ2v) is 9.32. The minimum atomic E-state index is -0.268. The summed E-state index contributed by atoms with van der Waals surface area (Å²) in [6.45, 7) is 9.68. The van der Waals surface area contributed by atoms with Gasteiger partial charge in [-0.3, -0.25) is 4.90 Å². The van der Waals surface area contributed by atoms with Crippen molar-refractivity contribution in [3.05, 3.63) is 53.9 Å². The van der Waals surface area contributed by atoms with Crippen molar-refractivity contribution < 1.29 is 14.2 Å². The van der Waals surface area contributed by atoms with Gasteiger partial charge < -0.3 is 19.1 Å². The Bertz CT molecular complexity index is 1100. The van der Waals surface area contributed by atoms with E-state index >= 15 is 0 Å². The van der Waals surface area contributed by atoms with Gasteiger partial charge in [-0.15, -0.1) is 5.10 Å². The molecule has 2 aromatic carbocycles. The van der Waals surface area contributed by atoms with Gasteiger partial charge in [-0.05, 0) is 55.5 Å². The molecule has 1 aliphatic rings. The van der Waals surface area contributed by atoms with Crippen LogP contribution < -0.4 is 19.1 Å². The summed E-state index contributed by atoms with van der Waals surface area (Å²) in [5.74, 6) is 3.18. The quantitative estimate of drug-likeness (QED) is 0.525. The van der Waals surface area contributed by atoms with E-state index in [4.69, 9.17) is 14.2 Å². The number of piperazine rings is 1. The molecule has 9 heteroatoms. The zero-order valence-electron chi connectivity index (χ0n) is 20.9. The topological polar surface area (TPSA) is 77.8 Å². The fraction of sp³-hybridized carbons (Fsp3) is 0.480. The van der Waals surface area contributed by atoms with Crippen LogP contribution in [0.5, 0.6) is 17.2 Å². The third-order valence-corrected chi connectivity index (χ3v) is 6.21. The Hall–Kier alpha value is -3.33. The van der Waals surface area contributed by atoms with Crippen molar-refractivity contribution >= 4 is 5.69 Å². The third kappa shape index (κ3) is 4.65. The van der Waals surface area contributed by atoms with Crippen molar-refractivity contribution in [3.63, 3.8) is 0 Å². The van der Waals surface area contributed by atoms with Crippen LogP contribution in [0.3, 0.4) is 0 Å². The Morgan fingerprint density at radius 1 is 0.853 bits per heavy atom. The maximum Gasteiger partial charge on any atom is 0.173 e. The lowest BCUT2D eigenvalue weighted by atomic mass is 10.00. The second-order valence-electron chi connectivity index (χ2n) is 9.32. The van der Waals surface area contributed by atoms with Gasteiger partial charge in [0, 0.05) is 37.8 Å². The van der Waals surface area contributed by atoms with Crippen molar-refractivity contribution in [2.75, 3.05) is 52.4 Å². The standard InChI is InChI=1S/C25H34N6O3/c1-25(2,3)31-24(26-27-28-31)23(19-12-11-18(32-4)17-22(19)34-6)30-15-13-29(14-16-30)20-9-7-8-10-21(20)33-5/h7-12,17,23H,13-16H2,1-6H3/t23-/m0/s1. The molecule has 0 spiro atoms. The minimum absolute atomic E-state index is 0.171. The summed E-state index contributed by atoms with van der Waals surface area (Å²) in [5, 5.41) is 12.9. The first kappa shape index (κ1) is 23.8. The maximum absolute atomic E-state index is 5.79. The molecule has 1 saturated heterocycles. The zero-order chi connectivity index (χ0) is 24.3. The van der Waals surface area contributed by atoms with Gasteiger partial charge >= 0.3 is 0 Å². The summed E-state index contributed by atoms with van der Waals surface area (Å²) in [4.78, 5) is 4.79. The number of nitrogens with zero attached hydrogens (tertiary/aromatic N) is 6. The lowest BCUT2D eigenvalue weighted by Crippen LogP contribution is -2.49. The highest BCUT2D eigenvalue weighted by Crippen LogP contribution is 2.38. The molecule has 0 N–H and O–H groups in total. The molecule has 1 aromatic heterocycles. The molecule has 9 nitrogen and oxygen atoms in total. The average molecular weight is 467 g/mol. The molecule has 1 aliphatic heterocycles. The molecule has 0 radical (unpaired) electrons. The molecule has 0 aliphatic carbocycles. The van der Waals surface area contributed by atoms with Crippen LogP contribution in [0.2, 0.25) is 0 Å². The van der Waals surface area contributed by atoms with Gasteiger partial charge in [-0.2, -0.15) is 0 Å². The molecule has 4 rings (SSSR count). The zero-order valence-corrected chi connectivity index (χ0v) is 20.9. The maximum atomic E-state index is 5.79. The predicted molar refractivity (Wildman–Crippen MR) is 131 cm³/mol.